The summed E-state index contributed by atoms with van der Waals surface area (Å²) < 4.78 is 65.5. The van der Waals surface area contributed by atoms with Crippen molar-refractivity contribution in [1.82, 2.24) is 10.2 Å². The number of carbonyl (C=O) groups excluding carboxylic acids is 4. The molecule has 0 saturated carbocycles. The molecule has 1 unspecified atom stereocenters. The molecule has 0 aliphatic carbocycles. The van der Waals surface area contributed by atoms with Crippen molar-refractivity contribution in [2.45, 2.75) is 18.9 Å². The summed E-state index contributed by atoms with van der Waals surface area (Å²) in [6.45, 7) is 12.1. The Morgan fingerprint density at radius 2 is 0.898 bits per heavy atom. The Kier molecular flexibility index (Phi) is 28.5. The first-order valence-corrected chi connectivity index (χ1v) is 20.3. The molecule has 2 aliphatic rings. The van der Waals surface area contributed by atoms with Crippen LogP contribution in [0.5, 0.6) is 0 Å². The van der Waals surface area contributed by atoms with Crippen LogP contribution in [0.1, 0.15) is 33.6 Å². The van der Waals surface area contributed by atoms with Gasteiger partial charge in [0.25, 0.3) is 11.8 Å². The third kappa shape index (κ3) is 21.7. The number of rotatable bonds is 40. The lowest BCUT2D eigenvalue weighted by atomic mass is 10.0. The summed E-state index contributed by atoms with van der Waals surface area (Å²) >= 11 is 0. The normalized spacial score (nSPS) is 15.3. The van der Waals surface area contributed by atoms with Crippen LogP contribution < -0.4 is 16.4 Å². The average Bonchev–Trinajstić information content (AvgIpc) is 3.49. The fraction of sp³-hybridized carbons (Fsp3) is 0.744. The van der Waals surface area contributed by atoms with Gasteiger partial charge in [0, 0.05) is 25.2 Å². The summed E-state index contributed by atoms with van der Waals surface area (Å²) in [5.41, 5.74) is 6.24. The van der Waals surface area contributed by atoms with E-state index < -0.39 is 29.7 Å². The van der Waals surface area contributed by atoms with Gasteiger partial charge in [-0.05, 0) is 18.6 Å². The van der Waals surface area contributed by atoms with Crippen LogP contribution in [-0.2, 0) is 66.4 Å². The Morgan fingerprint density at radius 1 is 0.525 bits per heavy atom. The molecule has 1 fully saturated rings. The summed E-state index contributed by atoms with van der Waals surface area (Å²) in [6.07, 6.45) is 0.166. The van der Waals surface area contributed by atoms with Crippen molar-refractivity contribution in [2.75, 3.05) is 177 Å². The fourth-order valence-electron chi connectivity index (χ4n) is 5.52. The van der Waals surface area contributed by atoms with Gasteiger partial charge >= 0.3 is 0 Å². The molecule has 1 saturated heterocycles. The van der Waals surface area contributed by atoms with Crippen molar-refractivity contribution in [2.24, 2.45) is 5.73 Å². The first kappa shape index (κ1) is 50.1. The third-order valence-corrected chi connectivity index (χ3v) is 8.38. The SMILES string of the molecule is NCCOCCOCCOCCOCCOCCOCCOCCOCCOCCOCCOCCOCCNc1cccc2c1C(=O)N(C1CCC(=O)NC1=O)C2=O. The van der Waals surface area contributed by atoms with Gasteiger partial charge in [0.05, 0.1) is 170 Å². The van der Waals surface area contributed by atoms with Crippen LogP contribution in [0.25, 0.3) is 0 Å². The van der Waals surface area contributed by atoms with E-state index in [0.29, 0.717) is 177 Å². The Labute approximate surface area is 346 Å². The number of hydrogen-bond acceptors (Lipinski definition) is 18. The van der Waals surface area contributed by atoms with Gasteiger partial charge in [-0.15, -0.1) is 0 Å². The van der Waals surface area contributed by atoms with Crippen LogP contribution in [0.3, 0.4) is 0 Å². The summed E-state index contributed by atoms with van der Waals surface area (Å²) in [7, 11) is 0. The molecule has 59 heavy (non-hydrogen) atoms. The van der Waals surface area contributed by atoms with Crippen LogP contribution in [0.2, 0.25) is 0 Å². The summed E-state index contributed by atoms with van der Waals surface area (Å²) in [4.78, 5) is 50.9. The Balaban J connectivity index is 0.981. The van der Waals surface area contributed by atoms with Gasteiger partial charge in [-0.1, -0.05) is 6.07 Å². The van der Waals surface area contributed by atoms with E-state index in [1.54, 1.807) is 18.2 Å². The molecule has 4 amide bonds. The molecule has 1 atom stereocenters. The molecule has 4 N–H and O–H groups in total. The number of anilines is 1. The van der Waals surface area contributed by atoms with Gasteiger partial charge in [0.2, 0.25) is 11.8 Å². The number of piperidine rings is 1. The molecule has 3 rings (SSSR count). The third-order valence-electron chi connectivity index (χ3n) is 8.38. The van der Waals surface area contributed by atoms with Crippen molar-refractivity contribution >= 4 is 29.3 Å². The monoisotopic (exact) mass is 844 g/mol. The Morgan fingerprint density at radius 3 is 1.27 bits per heavy atom. The number of nitrogens with one attached hydrogen (secondary N) is 2. The number of benzene rings is 1. The van der Waals surface area contributed by atoms with Crippen molar-refractivity contribution in [3.63, 3.8) is 0 Å². The van der Waals surface area contributed by atoms with Crippen molar-refractivity contribution in [3.05, 3.63) is 29.3 Å². The highest BCUT2D eigenvalue weighted by atomic mass is 16.6. The maximum absolute atomic E-state index is 13.2. The number of ether oxygens (including phenoxy) is 12. The second-order valence-corrected chi connectivity index (χ2v) is 12.7. The van der Waals surface area contributed by atoms with E-state index in [-0.39, 0.29) is 24.0 Å². The van der Waals surface area contributed by atoms with Crippen LogP contribution in [0.4, 0.5) is 5.69 Å². The fourth-order valence-corrected chi connectivity index (χ4v) is 5.52. The highest BCUT2D eigenvalue weighted by Crippen LogP contribution is 2.32. The minimum atomic E-state index is -1.01. The summed E-state index contributed by atoms with van der Waals surface area (Å²) in [6, 6.07) is 3.90. The van der Waals surface area contributed by atoms with E-state index >= 15 is 0 Å². The second-order valence-electron chi connectivity index (χ2n) is 12.7. The lowest BCUT2D eigenvalue weighted by Gasteiger charge is -2.27. The molecule has 20 heteroatoms. The predicted molar refractivity (Wildman–Crippen MR) is 210 cm³/mol. The van der Waals surface area contributed by atoms with Gasteiger partial charge in [0.15, 0.2) is 0 Å². The molecule has 2 heterocycles. The number of nitrogens with two attached hydrogens (primary N) is 1. The molecular weight excluding hydrogens is 780 g/mol. The molecule has 1 aromatic rings. The lowest BCUT2D eigenvalue weighted by molar-refractivity contribution is -0.136. The maximum atomic E-state index is 13.2. The zero-order valence-corrected chi connectivity index (χ0v) is 34.2. The van der Waals surface area contributed by atoms with Gasteiger partial charge in [-0.25, -0.2) is 0 Å². The number of amides is 4. The average molecular weight is 845 g/mol. The van der Waals surface area contributed by atoms with E-state index in [9.17, 15) is 19.2 Å². The first-order valence-electron chi connectivity index (χ1n) is 20.3. The van der Waals surface area contributed by atoms with Crippen molar-refractivity contribution < 1.29 is 76.0 Å². The first-order chi connectivity index (χ1) is 29.0. The summed E-state index contributed by atoms with van der Waals surface area (Å²) in [5, 5.41) is 5.33. The van der Waals surface area contributed by atoms with Crippen molar-refractivity contribution in [1.29, 1.82) is 0 Å². The van der Waals surface area contributed by atoms with Crippen molar-refractivity contribution in [3.8, 4) is 0 Å². The quantitative estimate of drug-likeness (QED) is 0.0566. The molecule has 0 spiro atoms. The number of hydrogen-bond donors (Lipinski definition) is 3. The lowest BCUT2D eigenvalue weighted by Crippen LogP contribution is -2.54. The van der Waals surface area contributed by atoms with Crippen LogP contribution in [-0.4, -0.2) is 206 Å². The van der Waals surface area contributed by atoms with E-state index in [2.05, 4.69) is 10.6 Å². The van der Waals surface area contributed by atoms with Gasteiger partial charge in [-0.3, -0.25) is 29.4 Å². The predicted octanol–water partition coefficient (Wildman–Crippen LogP) is -0.342. The molecule has 0 bridgehead atoms. The molecule has 0 aromatic heterocycles. The molecule has 20 nitrogen and oxygen atoms in total. The van der Waals surface area contributed by atoms with E-state index in [1.165, 1.54) is 0 Å². The highest BCUT2D eigenvalue weighted by molar-refractivity contribution is 6.25. The molecule has 0 radical (unpaired) electrons. The zero-order valence-electron chi connectivity index (χ0n) is 34.2. The Bertz CT molecular complexity index is 1310. The topological polar surface area (TPSA) is 232 Å². The minimum Gasteiger partial charge on any atom is -0.382 e. The minimum absolute atomic E-state index is 0.0639. The molecular formula is C39H64N4O16. The molecule has 2 aliphatic heterocycles. The van der Waals surface area contributed by atoms with Gasteiger partial charge < -0.3 is 67.9 Å². The largest absolute Gasteiger partial charge is 0.382 e. The van der Waals surface area contributed by atoms with Gasteiger partial charge in [-0.2, -0.15) is 0 Å². The highest BCUT2D eigenvalue weighted by Gasteiger charge is 2.45. The number of nitrogens with zero attached hydrogens (tertiary/aromatic N) is 1. The number of carbonyl (C=O) groups is 4. The standard InChI is InChI=1S/C39H64N4O16/c40-6-8-48-10-12-50-14-16-52-18-20-54-22-24-56-26-28-58-30-31-59-29-27-57-25-23-55-21-19-53-17-15-51-13-11-49-9-7-41-33-3-1-2-32-36(33)39(47)43(38(32)46)34-4-5-35(44)42-37(34)45/h1-3,34,41H,4-31,40H2,(H,42,44,45). The van der Waals surface area contributed by atoms with Crippen LogP contribution in [0.15, 0.2) is 18.2 Å². The van der Waals surface area contributed by atoms with E-state index in [1.807, 2.05) is 0 Å². The maximum Gasteiger partial charge on any atom is 0.264 e. The van der Waals surface area contributed by atoms with E-state index in [4.69, 9.17) is 62.6 Å². The number of fused-ring (bicyclic) bond motifs is 1. The Hall–Kier alpha value is -3.22. The molecule has 1 aromatic carbocycles. The zero-order chi connectivity index (χ0) is 42.0. The molecule has 336 valence electrons. The van der Waals surface area contributed by atoms with E-state index in [0.717, 1.165) is 4.90 Å². The van der Waals surface area contributed by atoms with Crippen LogP contribution in [0, 0.1) is 0 Å². The van der Waals surface area contributed by atoms with Gasteiger partial charge in [0.1, 0.15) is 6.04 Å². The summed E-state index contributed by atoms with van der Waals surface area (Å²) in [5.74, 6) is -2.17. The number of imide groups is 2. The smallest absolute Gasteiger partial charge is 0.264 e. The van der Waals surface area contributed by atoms with Crippen LogP contribution >= 0.6 is 0 Å². The second kappa shape index (κ2) is 33.5.